The molecule has 25 heavy (non-hydrogen) atoms. The van der Waals surface area contributed by atoms with Gasteiger partial charge in [0.1, 0.15) is 0 Å². The molecule has 7 heteroatoms. The van der Waals surface area contributed by atoms with Gasteiger partial charge < -0.3 is 19.5 Å². The van der Waals surface area contributed by atoms with Crippen LogP contribution in [0, 0.1) is 5.82 Å². The Bertz CT molecular complexity index is 769. The van der Waals surface area contributed by atoms with Gasteiger partial charge in [-0.25, -0.2) is 4.39 Å². The Morgan fingerprint density at radius 2 is 2.08 bits per heavy atom. The van der Waals surface area contributed by atoms with Crippen molar-refractivity contribution in [3.63, 3.8) is 0 Å². The van der Waals surface area contributed by atoms with Crippen molar-refractivity contribution < 1.29 is 23.4 Å². The summed E-state index contributed by atoms with van der Waals surface area (Å²) in [6.45, 7) is 0.204. The first-order valence-corrected chi connectivity index (χ1v) is 8.91. The molecule has 2 aromatic carbocycles. The highest BCUT2D eigenvalue weighted by atomic mass is 32.2. The third-order valence-electron chi connectivity index (χ3n) is 3.61. The van der Waals surface area contributed by atoms with Crippen molar-refractivity contribution in [1.82, 2.24) is 0 Å². The molecule has 0 bridgehead atoms. The molecule has 1 amide bonds. The molecule has 5 nitrogen and oxygen atoms in total. The molecule has 132 valence electrons. The second-order valence-corrected chi connectivity index (χ2v) is 6.49. The van der Waals surface area contributed by atoms with Crippen molar-refractivity contribution in [2.75, 3.05) is 25.0 Å². The number of hydrogen-bond acceptors (Lipinski definition) is 5. The van der Waals surface area contributed by atoms with E-state index in [9.17, 15) is 9.18 Å². The highest BCUT2D eigenvalue weighted by Gasteiger charge is 2.14. The van der Waals surface area contributed by atoms with Crippen LogP contribution in [0.15, 0.2) is 36.4 Å². The van der Waals surface area contributed by atoms with E-state index < -0.39 is 0 Å². The minimum atomic E-state index is -0.374. The zero-order valence-corrected chi connectivity index (χ0v) is 14.5. The molecule has 1 heterocycles. The van der Waals surface area contributed by atoms with E-state index in [1.807, 2.05) is 6.07 Å². The summed E-state index contributed by atoms with van der Waals surface area (Å²) in [5, 5.41) is 2.83. The highest BCUT2D eigenvalue weighted by molar-refractivity contribution is 7.98. The van der Waals surface area contributed by atoms with Gasteiger partial charge in [0.2, 0.25) is 12.7 Å². The van der Waals surface area contributed by atoms with Crippen LogP contribution < -0.4 is 19.5 Å². The fourth-order valence-electron chi connectivity index (χ4n) is 2.35. The van der Waals surface area contributed by atoms with Gasteiger partial charge in [0.05, 0.1) is 7.11 Å². The Hall–Kier alpha value is -2.41. The molecule has 1 N–H and O–H groups in total. The predicted molar refractivity (Wildman–Crippen MR) is 94.9 cm³/mol. The van der Waals surface area contributed by atoms with Gasteiger partial charge in [0, 0.05) is 29.7 Å². The maximum atomic E-state index is 13.6. The Labute approximate surface area is 149 Å². The molecular formula is C18H18FNO4S. The summed E-state index contributed by atoms with van der Waals surface area (Å²) < 4.78 is 29.0. The molecule has 2 aromatic rings. The minimum Gasteiger partial charge on any atom is -0.494 e. The van der Waals surface area contributed by atoms with E-state index >= 15 is 0 Å². The number of fused-ring (bicyclic) bond motifs is 1. The number of carbonyl (C=O) groups is 1. The third-order valence-corrected chi connectivity index (χ3v) is 4.64. The fourth-order valence-corrected chi connectivity index (χ4v) is 3.24. The molecular weight excluding hydrogens is 345 g/mol. The van der Waals surface area contributed by atoms with E-state index in [1.54, 1.807) is 36.0 Å². The molecule has 0 aliphatic carbocycles. The van der Waals surface area contributed by atoms with Crippen LogP contribution in [0.25, 0.3) is 0 Å². The molecule has 0 fully saturated rings. The lowest BCUT2D eigenvalue weighted by molar-refractivity contribution is -0.115. The first-order chi connectivity index (χ1) is 12.2. The summed E-state index contributed by atoms with van der Waals surface area (Å²) in [6.07, 6.45) is 0.373. The zero-order chi connectivity index (χ0) is 17.6. The Kier molecular flexibility index (Phi) is 5.65. The monoisotopic (exact) mass is 363 g/mol. The number of ether oxygens (including phenoxy) is 3. The molecule has 0 saturated carbocycles. The number of hydrogen-bond donors (Lipinski definition) is 1. The quantitative estimate of drug-likeness (QED) is 0.758. The number of halogens is 1. The number of carbonyl (C=O) groups excluding carboxylic acids is 1. The van der Waals surface area contributed by atoms with E-state index in [0.29, 0.717) is 35.1 Å². The number of thioether (sulfide) groups is 1. The van der Waals surface area contributed by atoms with Gasteiger partial charge in [0.25, 0.3) is 0 Å². The van der Waals surface area contributed by atoms with Gasteiger partial charge in [-0.05, 0) is 29.8 Å². The van der Waals surface area contributed by atoms with Gasteiger partial charge in [-0.1, -0.05) is 6.07 Å². The normalized spacial score (nSPS) is 12.1. The second-order valence-electron chi connectivity index (χ2n) is 5.39. The molecule has 0 spiro atoms. The average Bonchev–Trinajstić information content (AvgIpc) is 3.06. The SMILES string of the molecule is COc1ccc(CSCCC(=O)Nc2ccc3c(c2)OCO3)cc1F. The topological polar surface area (TPSA) is 56.8 Å². The van der Waals surface area contributed by atoms with Gasteiger partial charge in [-0.15, -0.1) is 0 Å². The minimum absolute atomic E-state index is 0.0766. The number of nitrogens with one attached hydrogen (secondary N) is 1. The van der Waals surface area contributed by atoms with Gasteiger partial charge >= 0.3 is 0 Å². The van der Waals surface area contributed by atoms with Crippen LogP contribution in [0.1, 0.15) is 12.0 Å². The summed E-state index contributed by atoms with van der Waals surface area (Å²) >= 11 is 1.57. The number of amides is 1. The molecule has 0 atom stereocenters. The van der Waals surface area contributed by atoms with Crippen LogP contribution in [-0.2, 0) is 10.5 Å². The lowest BCUT2D eigenvalue weighted by Gasteiger charge is -2.07. The zero-order valence-electron chi connectivity index (χ0n) is 13.7. The molecule has 0 aromatic heterocycles. The van der Waals surface area contributed by atoms with E-state index in [4.69, 9.17) is 14.2 Å². The van der Waals surface area contributed by atoms with Gasteiger partial charge in [-0.2, -0.15) is 11.8 Å². The van der Waals surface area contributed by atoms with Crippen molar-refractivity contribution in [3.05, 3.63) is 47.8 Å². The standard InChI is InChI=1S/C18H18FNO4S/c1-22-15-4-2-12(8-14(15)19)10-25-7-6-18(21)20-13-3-5-16-17(9-13)24-11-23-16/h2-5,8-9H,6-7,10-11H2,1H3,(H,20,21). The smallest absolute Gasteiger partial charge is 0.231 e. The van der Waals surface area contributed by atoms with Gasteiger partial charge in [0.15, 0.2) is 23.1 Å². The Morgan fingerprint density at radius 1 is 1.24 bits per heavy atom. The number of rotatable bonds is 7. The Morgan fingerprint density at radius 3 is 2.88 bits per heavy atom. The molecule has 0 radical (unpaired) electrons. The number of methoxy groups -OCH3 is 1. The van der Waals surface area contributed by atoms with Crippen LogP contribution in [0.3, 0.4) is 0 Å². The number of anilines is 1. The van der Waals surface area contributed by atoms with Crippen LogP contribution in [0.4, 0.5) is 10.1 Å². The van der Waals surface area contributed by atoms with Crippen LogP contribution in [0.2, 0.25) is 0 Å². The first kappa shape index (κ1) is 17.4. The van der Waals surface area contributed by atoms with Crippen molar-refractivity contribution in [3.8, 4) is 17.2 Å². The molecule has 3 rings (SSSR count). The van der Waals surface area contributed by atoms with Gasteiger partial charge in [-0.3, -0.25) is 4.79 Å². The highest BCUT2D eigenvalue weighted by Crippen LogP contribution is 2.34. The van der Waals surface area contributed by atoms with E-state index in [-0.39, 0.29) is 24.3 Å². The summed E-state index contributed by atoms with van der Waals surface area (Å²) in [5.74, 6) is 2.38. The molecule has 1 aliphatic rings. The van der Waals surface area contributed by atoms with Crippen LogP contribution in [-0.4, -0.2) is 25.6 Å². The molecule has 0 unspecified atom stereocenters. The Balaban J connectivity index is 1.41. The predicted octanol–water partition coefficient (Wildman–Crippen LogP) is 3.83. The van der Waals surface area contributed by atoms with Crippen molar-refractivity contribution in [2.24, 2.45) is 0 Å². The van der Waals surface area contributed by atoms with E-state index in [1.165, 1.54) is 13.2 Å². The lowest BCUT2D eigenvalue weighted by atomic mass is 10.2. The fraction of sp³-hybridized carbons (Fsp3) is 0.278. The van der Waals surface area contributed by atoms with Crippen LogP contribution >= 0.6 is 11.8 Å². The van der Waals surface area contributed by atoms with Crippen molar-refractivity contribution in [2.45, 2.75) is 12.2 Å². The van der Waals surface area contributed by atoms with E-state index in [2.05, 4.69) is 5.32 Å². The summed E-state index contributed by atoms with van der Waals surface area (Å²) in [7, 11) is 1.44. The van der Waals surface area contributed by atoms with Crippen LogP contribution in [0.5, 0.6) is 17.2 Å². The van der Waals surface area contributed by atoms with Crippen molar-refractivity contribution in [1.29, 1.82) is 0 Å². The number of benzene rings is 2. The molecule has 0 saturated heterocycles. The average molecular weight is 363 g/mol. The maximum Gasteiger partial charge on any atom is 0.231 e. The maximum absolute atomic E-state index is 13.6. The lowest BCUT2D eigenvalue weighted by Crippen LogP contribution is -2.12. The second kappa shape index (κ2) is 8.11. The summed E-state index contributed by atoms with van der Waals surface area (Å²) in [6, 6.07) is 10.2. The van der Waals surface area contributed by atoms with E-state index in [0.717, 1.165) is 5.56 Å². The summed E-state index contributed by atoms with van der Waals surface area (Å²) in [5.41, 5.74) is 1.54. The van der Waals surface area contributed by atoms with Crippen molar-refractivity contribution >= 4 is 23.4 Å². The summed E-state index contributed by atoms with van der Waals surface area (Å²) in [4.78, 5) is 12.0. The molecule has 1 aliphatic heterocycles. The third kappa shape index (κ3) is 4.57. The first-order valence-electron chi connectivity index (χ1n) is 7.75. The largest absolute Gasteiger partial charge is 0.494 e.